The molecule has 0 bridgehead atoms. The summed E-state index contributed by atoms with van der Waals surface area (Å²) in [4.78, 5) is 0. The number of benzene rings is 1. The Morgan fingerprint density at radius 3 is 2.55 bits per heavy atom. The molecule has 0 fully saturated rings. The molecule has 0 aliphatic rings. The monoisotopic (exact) mass is 401 g/mol. The van der Waals surface area contributed by atoms with Crippen LogP contribution in [0.25, 0.3) is 0 Å². The summed E-state index contributed by atoms with van der Waals surface area (Å²) in [6.45, 7) is 13.1. The lowest BCUT2D eigenvalue weighted by molar-refractivity contribution is 0.256. The molecule has 0 saturated heterocycles. The Balaban J connectivity index is 2.68. The van der Waals surface area contributed by atoms with Crippen molar-refractivity contribution in [1.82, 2.24) is 0 Å². The Hall–Kier alpha value is 0.145. The molecular weight excluding hydrogens is 377 g/mol. The standard InChI is InChI=1S/C16H24BIOP/c1-13(2)10-14(3)11-17-20(18)16(4,12-19)15-8-6-5-7-9-15/h5-9,14,19H,1,10-12H2,2-4H3. The Kier molecular flexibility index (Phi) is 7.78. The summed E-state index contributed by atoms with van der Waals surface area (Å²) < 4.78 is 0. The lowest BCUT2D eigenvalue weighted by Gasteiger charge is -2.34. The summed E-state index contributed by atoms with van der Waals surface area (Å²) in [5.41, 5.74) is 2.08. The topological polar surface area (TPSA) is 20.2 Å². The number of aliphatic hydroxyl groups excluding tert-OH is 1. The number of rotatable bonds is 8. The van der Waals surface area contributed by atoms with E-state index in [1.807, 2.05) is 18.2 Å². The average Bonchev–Trinajstić information content (AvgIpc) is 2.44. The van der Waals surface area contributed by atoms with E-state index in [9.17, 15) is 5.11 Å². The summed E-state index contributed by atoms with van der Waals surface area (Å²) in [6.07, 6.45) is 2.17. The summed E-state index contributed by atoms with van der Waals surface area (Å²) in [7, 11) is 0. The van der Waals surface area contributed by atoms with E-state index in [0.29, 0.717) is 5.92 Å². The van der Waals surface area contributed by atoms with Crippen LogP contribution in [0.2, 0.25) is 6.32 Å². The zero-order valence-corrected chi connectivity index (χ0v) is 15.7. The summed E-state index contributed by atoms with van der Waals surface area (Å²) in [5, 5.41) is 9.74. The molecule has 0 aromatic heterocycles. The predicted octanol–water partition coefficient (Wildman–Crippen LogP) is 5.37. The fourth-order valence-electron chi connectivity index (χ4n) is 2.23. The lowest BCUT2D eigenvalue weighted by atomic mass is 9.87. The molecule has 1 radical (unpaired) electrons. The van der Waals surface area contributed by atoms with Gasteiger partial charge in [-0.05, 0) is 31.7 Å². The highest BCUT2D eigenvalue weighted by Crippen LogP contribution is 2.61. The van der Waals surface area contributed by atoms with Gasteiger partial charge < -0.3 is 5.11 Å². The molecule has 1 rings (SSSR count). The van der Waals surface area contributed by atoms with Gasteiger partial charge in [-0.3, -0.25) is 0 Å². The molecule has 0 saturated carbocycles. The van der Waals surface area contributed by atoms with Crippen molar-refractivity contribution in [3.63, 3.8) is 0 Å². The van der Waals surface area contributed by atoms with Crippen molar-refractivity contribution in [1.29, 1.82) is 0 Å². The minimum atomic E-state index is -0.395. The quantitative estimate of drug-likeness (QED) is 0.269. The summed E-state index contributed by atoms with van der Waals surface area (Å²) >= 11 is 2.52. The number of aliphatic hydroxyl groups is 1. The van der Waals surface area contributed by atoms with Gasteiger partial charge in [-0.25, -0.2) is 0 Å². The van der Waals surface area contributed by atoms with Crippen LogP contribution in [-0.2, 0) is 5.16 Å². The van der Waals surface area contributed by atoms with Crippen molar-refractivity contribution in [2.24, 2.45) is 5.92 Å². The SMILES string of the molecule is C=C(C)CC(C)C[B]P(I)C(C)(CO)c1ccccc1. The van der Waals surface area contributed by atoms with Crippen LogP contribution in [0.5, 0.6) is 0 Å². The van der Waals surface area contributed by atoms with E-state index in [-0.39, 0.29) is 11.8 Å². The fourth-order valence-corrected chi connectivity index (χ4v) is 5.69. The third-order valence-corrected chi connectivity index (χ3v) is 9.79. The molecule has 3 unspecified atom stereocenters. The predicted molar refractivity (Wildman–Crippen MR) is 101 cm³/mol. The van der Waals surface area contributed by atoms with E-state index in [2.05, 4.69) is 68.5 Å². The first-order valence-corrected chi connectivity index (χ1v) is 11.2. The third kappa shape index (κ3) is 5.16. The molecule has 0 spiro atoms. The number of hydrogen-bond acceptors (Lipinski definition) is 1. The fraction of sp³-hybridized carbons (Fsp3) is 0.500. The first kappa shape index (κ1) is 18.2. The van der Waals surface area contributed by atoms with E-state index in [0.717, 1.165) is 12.7 Å². The minimum Gasteiger partial charge on any atom is -0.395 e. The Morgan fingerprint density at radius 2 is 2.05 bits per heavy atom. The van der Waals surface area contributed by atoms with Crippen LogP contribution in [0.15, 0.2) is 42.5 Å². The van der Waals surface area contributed by atoms with Gasteiger partial charge in [0.2, 0.25) is 0 Å². The van der Waals surface area contributed by atoms with Crippen molar-refractivity contribution >= 4 is 34.5 Å². The smallest absolute Gasteiger partial charge is 0.161 e. The Bertz CT molecular complexity index is 426. The van der Waals surface area contributed by atoms with Crippen molar-refractivity contribution < 1.29 is 5.11 Å². The zero-order valence-electron chi connectivity index (χ0n) is 12.6. The molecular formula is C16H24BIOP. The zero-order chi connectivity index (χ0) is 15.2. The van der Waals surface area contributed by atoms with Crippen LogP contribution >= 0.6 is 27.5 Å². The molecule has 4 heteroatoms. The highest BCUT2D eigenvalue weighted by molar-refractivity contribution is 14.2. The van der Waals surface area contributed by atoms with Crippen LogP contribution in [0, 0.1) is 5.92 Å². The van der Waals surface area contributed by atoms with Crippen LogP contribution < -0.4 is 0 Å². The molecule has 20 heavy (non-hydrogen) atoms. The Morgan fingerprint density at radius 1 is 1.45 bits per heavy atom. The van der Waals surface area contributed by atoms with Crippen molar-refractivity contribution in [3.05, 3.63) is 48.0 Å². The number of hydrogen-bond donors (Lipinski definition) is 1. The second-order valence-electron chi connectivity index (χ2n) is 5.79. The average molecular weight is 401 g/mol. The molecule has 1 N–H and O–H groups in total. The van der Waals surface area contributed by atoms with Gasteiger partial charge in [0, 0.05) is 5.16 Å². The highest BCUT2D eigenvalue weighted by atomic mass is 127. The van der Waals surface area contributed by atoms with Gasteiger partial charge in [0.25, 0.3) is 0 Å². The van der Waals surface area contributed by atoms with Crippen molar-refractivity contribution in [2.45, 2.75) is 38.7 Å². The van der Waals surface area contributed by atoms with Crippen LogP contribution in [0.4, 0.5) is 0 Å². The van der Waals surface area contributed by atoms with Crippen LogP contribution in [0.1, 0.15) is 32.8 Å². The first-order valence-electron chi connectivity index (χ1n) is 6.99. The number of halogens is 1. The summed E-state index contributed by atoms with van der Waals surface area (Å²) in [6, 6.07) is 10.4. The maximum absolute atomic E-state index is 9.90. The molecule has 0 amide bonds. The second kappa shape index (κ2) is 8.55. The molecule has 1 aromatic rings. The van der Waals surface area contributed by atoms with Gasteiger partial charge in [0.05, 0.1) is 6.61 Å². The minimum absolute atomic E-state index is 0.153. The van der Waals surface area contributed by atoms with Crippen molar-refractivity contribution in [3.8, 4) is 0 Å². The van der Waals surface area contributed by atoms with Crippen LogP contribution in [0.3, 0.4) is 0 Å². The van der Waals surface area contributed by atoms with Crippen molar-refractivity contribution in [2.75, 3.05) is 6.61 Å². The number of allylic oxidation sites excluding steroid dienone is 1. The highest BCUT2D eigenvalue weighted by Gasteiger charge is 2.33. The van der Waals surface area contributed by atoms with E-state index < -0.39 is 5.44 Å². The first-order chi connectivity index (χ1) is 9.40. The largest absolute Gasteiger partial charge is 0.395 e. The molecule has 1 aromatic carbocycles. The normalized spacial score (nSPS) is 17.1. The summed E-state index contributed by atoms with van der Waals surface area (Å²) in [5.74, 6) is 0.631. The van der Waals surface area contributed by atoms with Gasteiger partial charge in [-0.2, -0.15) is 0 Å². The van der Waals surface area contributed by atoms with E-state index in [1.54, 1.807) is 0 Å². The van der Waals surface area contributed by atoms with E-state index in [1.165, 1.54) is 11.1 Å². The maximum Gasteiger partial charge on any atom is 0.161 e. The molecule has 3 atom stereocenters. The van der Waals surface area contributed by atoms with Gasteiger partial charge >= 0.3 is 0 Å². The lowest BCUT2D eigenvalue weighted by Crippen LogP contribution is -2.24. The van der Waals surface area contributed by atoms with E-state index >= 15 is 0 Å². The van der Waals surface area contributed by atoms with Gasteiger partial charge in [-0.1, -0.05) is 76.6 Å². The second-order valence-corrected chi connectivity index (χ2v) is 10.9. The molecule has 109 valence electrons. The molecule has 1 nitrogen and oxygen atoms in total. The van der Waals surface area contributed by atoms with Gasteiger partial charge in [-0.15, -0.1) is 6.58 Å². The molecule has 0 aliphatic heterocycles. The third-order valence-electron chi connectivity index (χ3n) is 3.54. The molecule has 0 heterocycles. The Labute approximate surface area is 138 Å². The van der Waals surface area contributed by atoms with Gasteiger partial charge in [0.1, 0.15) is 0 Å². The maximum atomic E-state index is 9.90. The van der Waals surface area contributed by atoms with Crippen LogP contribution in [-0.4, -0.2) is 18.7 Å². The van der Waals surface area contributed by atoms with E-state index in [4.69, 9.17) is 0 Å². The van der Waals surface area contributed by atoms with Gasteiger partial charge in [0.15, 0.2) is 7.00 Å². The molecule has 0 aliphatic carbocycles.